The zero-order valence-corrected chi connectivity index (χ0v) is 9.14. The second-order valence-electron chi connectivity index (χ2n) is 2.55. The number of alkyl halides is 1. The molecule has 2 N–H and O–H groups in total. The Balaban J connectivity index is 3.11. The Morgan fingerprint density at radius 3 is 2.86 bits per heavy atom. The second-order valence-corrected chi connectivity index (χ2v) is 3.26. The third-order valence-corrected chi connectivity index (χ3v) is 2.05. The predicted molar refractivity (Wildman–Crippen MR) is 60.0 cm³/mol. The van der Waals surface area contributed by atoms with Gasteiger partial charge in [0.15, 0.2) is 0 Å². The van der Waals surface area contributed by atoms with E-state index in [-0.39, 0.29) is 5.88 Å². The van der Waals surface area contributed by atoms with E-state index < -0.39 is 0 Å². The van der Waals surface area contributed by atoms with Crippen molar-refractivity contribution >= 4 is 34.7 Å². The summed E-state index contributed by atoms with van der Waals surface area (Å²) < 4.78 is 5.08. The second kappa shape index (κ2) is 5.08. The smallest absolute Gasteiger partial charge is 0.144 e. The molecule has 1 rings (SSSR count). The molecule has 0 aliphatic carbocycles. The summed E-state index contributed by atoms with van der Waals surface area (Å²) in [6.45, 7) is 0. The molecule has 0 aliphatic heterocycles. The lowest BCUT2D eigenvalue weighted by atomic mass is 10.3. The normalized spacial score (nSPS) is 11.5. The van der Waals surface area contributed by atoms with E-state index in [0.29, 0.717) is 22.3 Å². The van der Waals surface area contributed by atoms with Crippen molar-refractivity contribution < 1.29 is 4.74 Å². The third-order valence-electron chi connectivity index (χ3n) is 1.54. The Morgan fingerprint density at radius 1 is 1.57 bits per heavy atom. The van der Waals surface area contributed by atoms with Crippen molar-refractivity contribution in [3.63, 3.8) is 0 Å². The molecule has 0 heterocycles. The Labute approximate surface area is 92.5 Å². The summed E-state index contributed by atoms with van der Waals surface area (Å²) in [6.07, 6.45) is 0. The molecule has 0 radical (unpaired) electrons. The lowest BCUT2D eigenvalue weighted by Crippen LogP contribution is -2.12. The average molecular weight is 233 g/mol. The summed E-state index contributed by atoms with van der Waals surface area (Å²) in [5.41, 5.74) is 6.08. The zero-order valence-electron chi connectivity index (χ0n) is 7.63. The van der Waals surface area contributed by atoms with Gasteiger partial charge in [-0.1, -0.05) is 11.6 Å². The molecule has 5 heteroatoms. The van der Waals surface area contributed by atoms with Crippen molar-refractivity contribution in [2.75, 3.05) is 13.0 Å². The van der Waals surface area contributed by atoms with Crippen LogP contribution in [-0.2, 0) is 0 Å². The van der Waals surface area contributed by atoms with Gasteiger partial charge in [-0.2, -0.15) is 0 Å². The van der Waals surface area contributed by atoms with Crippen LogP contribution in [-0.4, -0.2) is 18.8 Å². The van der Waals surface area contributed by atoms with Crippen molar-refractivity contribution in [1.82, 2.24) is 0 Å². The maximum absolute atomic E-state index is 5.80. The van der Waals surface area contributed by atoms with Gasteiger partial charge in [-0.25, -0.2) is 4.99 Å². The molecule has 0 aromatic heterocycles. The lowest BCUT2D eigenvalue weighted by Gasteiger charge is -2.04. The molecule has 14 heavy (non-hydrogen) atoms. The number of nitrogens with two attached hydrogens (primary N) is 1. The van der Waals surface area contributed by atoms with Gasteiger partial charge in [0, 0.05) is 5.02 Å². The Bertz CT molecular complexity index is 353. The predicted octanol–water partition coefficient (Wildman–Crippen LogP) is 2.58. The largest absolute Gasteiger partial charge is 0.494 e. The monoisotopic (exact) mass is 232 g/mol. The van der Waals surface area contributed by atoms with Gasteiger partial charge >= 0.3 is 0 Å². The van der Waals surface area contributed by atoms with Crippen molar-refractivity contribution in [2.24, 2.45) is 10.7 Å². The number of hydrogen-bond donors (Lipinski definition) is 1. The molecule has 0 bridgehead atoms. The number of nitrogens with zero attached hydrogens (tertiary/aromatic N) is 1. The minimum absolute atomic E-state index is 0.176. The summed E-state index contributed by atoms with van der Waals surface area (Å²) >= 11 is 11.3. The van der Waals surface area contributed by atoms with Gasteiger partial charge in [-0.15, -0.1) is 11.6 Å². The molecule has 0 unspecified atom stereocenters. The number of methoxy groups -OCH3 is 1. The number of hydrogen-bond acceptors (Lipinski definition) is 2. The van der Waals surface area contributed by atoms with E-state index in [9.17, 15) is 0 Å². The van der Waals surface area contributed by atoms with Gasteiger partial charge < -0.3 is 10.5 Å². The highest BCUT2D eigenvalue weighted by Crippen LogP contribution is 2.30. The molecular weight excluding hydrogens is 223 g/mol. The van der Waals surface area contributed by atoms with Crippen LogP contribution in [0.2, 0.25) is 5.02 Å². The lowest BCUT2D eigenvalue weighted by molar-refractivity contribution is 0.416. The molecule has 0 fully saturated rings. The zero-order chi connectivity index (χ0) is 10.6. The van der Waals surface area contributed by atoms with Crippen LogP contribution in [0.25, 0.3) is 0 Å². The first-order valence-corrected chi connectivity index (χ1v) is 4.81. The van der Waals surface area contributed by atoms with E-state index in [2.05, 4.69) is 4.99 Å². The maximum Gasteiger partial charge on any atom is 0.144 e. The van der Waals surface area contributed by atoms with E-state index in [1.807, 2.05) is 0 Å². The van der Waals surface area contributed by atoms with E-state index in [1.54, 1.807) is 25.3 Å². The quantitative estimate of drug-likeness (QED) is 0.495. The molecule has 0 spiro atoms. The van der Waals surface area contributed by atoms with Gasteiger partial charge in [-0.05, 0) is 18.2 Å². The SMILES string of the molecule is COc1ccc(Cl)cc1N=C(N)CCl. The number of ether oxygens (including phenoxy) is 1. The fourth-order valence-corrected chi connectivity index (χ4v) is 1.16. The fourth-order valence-electron chi connectivity index (χ4n) is 0.935. The molecule has 0 aliphatic rings. The third kappa shape index (κ3) is 2.79. The number of rotatable bonds is 3. The summed E-state index contributed by atoms with van der Waals surface area (Å²) in [5, 5.41) is 0.576. The molecule has 0 atom stereocenters. The van der Waals surface area contributed by atoms with E-state index in [0.717, 1.165) is 0 Å². The van der Waals surface area contributed by atoms with Crippen molar-refractivity contribution in [3.05, 3.63) is 23.2 Å². The van der Waals surface area contributed by atoms with Crippen LogP contribution < -0.4 is 10.5 Å². The van der Waals surface area contributed by atoms with Gasteiger partial charge in [-0.3, -0.25) is 0 Å². The molecule has 0 amide bonds. The van der Waals surface area contributed by atoms with Crippen molar-refractivity contribution in [1.29, 1.82) is 0 Å². The average Bonchev–Trinajstić information content (AvgIpc) is 2.18. The molecule has 0 saturated carbocycles. The Hall–Kier alpha value is -0.930. The van der Waals surface area contributed by atoms with E-state index >= 15 is 0 Å². The Morgan fingerprint density at radius 2 is 2.29 bits per heavy atom. The van der Waals surface area contributed by atoms with Gasteiger partial charge in [0.2, 0.25) is 0 Å². The fraction of sp³-hybridized carbons (Fsp3) is 0.222. The molecular formula is C9H10Cl2N2O. The minimum atomic E-state index is 0.176. The highest BCUT2D eigenvalue weighted by Gasteiger charge is 2.02. The Kier molecular flexibility index (Phi) is 4.04. The first-order valence-electron chi connectivity index (χ1n) is 3.90. The minimum Gasteiger partial charge on any atom is -0.494 e. The van der Waals surface area contributed by atoms with Crippen LogP contribution in [0.1, 0.15) is 0 Å². The van der Waals surface area contributed by atoms with Crippen LogP contribution >= 0.6 is 23.2 Å². The van der Waals surface area contributed by atoms with E-state index in [4.69, 9.17) is 33.7 Å². The number of benzene rings is 1. The summed E-state index contributed by atoms with van der Waals surface area (Å²) in [5.74, 6) is 1.12. The molecule has 1 aromatic rings. The number of aliphatic imine (C=N–C) groups is 1. The van der Waals surface area contributed by atoms with Crippen LogP contribution in [0.5, 0.6) is 5.75 Å². The highest BCUT2D eigenvalue weighted by atomic mass is 35.5. The van der Waals surface area contributed by atoms with Gasteiger partial charge in [0.05, 0.1) is 13.0 Å². The molecule has 0 saturated heterocycles. The van der Waals surface area contributed by atoms with Crippen molar-refractivity contribution in [2.45, 2.75) is 0 Å². The topological polar surface area (TPSA) is 47.6 Å². The molecule has 3 nitrogen and oxygen atoms in total. The van der Waals surface area contributed by atoms with E-state index in [1.165, 1.54) is 0 Å². The van der Waals surface area contributed by atoms with Crippen LogP contribution in [0.15, 0.2) is 23.2 Å². The first-order chi connectivity index (χ1) is 6.67. The molecule has 76 valence electrons. The standard InChI is InChI=1S/C9H10Cl2N2O/c1-14-8-3-2-6(11)4-7(8)13-9(12)5-10/h2-4H,5H2,1H3,(H2,12,13). The summed E-state index contributed by atoms with van der Waals surface area (Å²) in [7, 11) is 1.55. The first kappa shape index (κ1) is 11.1. The summed E-state index contributed by atoms with van der Waals surface area (Å²) in [4.78, 5) is 4.06. The van der Waals surface area contributed by atoms with Crippen LogP contribution in [0.3, 0.4) is 0 Å². The van der Waals surface area contributed by atoms with Gasteiger partial charge in [0.25, 0.3) is 0 Å². The van der Waals surface area contributed by atoms with Crippen molar-refractivity contribution in [3.8, 4) is 5.75 Å². The van der Waals surface area contributed by atoms with Gasteiger partial charge in [0.1, 0.15) is 17.3 Å². The summed E-state index contributed by atoms with van der Waals surface area (Å²) in [6, 6.07) is 5.11. The maximum atomic E-state index is 5.80. The van der Waals surface area contributed by atoms with Crippen LogP contribution in [0, 0.1) is 0 Å². The molecule has 1 aromatic carbocycles. The van der Waals surface area contributed by atoms with Crippen LogP contribution in [0.4, 0.5) is 5.69 Å². The highest BCUT2D eigenvalue weighted by molar-refractivity contribution is 6.31. The number of amidine groups is 1. The number of halogens is 2.